The molecule has 2 amide bonds. The summed E-state index contributed by atoms with van der Waals surface area (Å²) in [6, 6.07) is 7.21. The molecule has 1 saturated carbocycles. The summed E-state index contributed by atoms with van der Waals surface area (Å²) in [6.07, 6.45) is 8.31. The maximum Gasteiger partial charge on any atom is 0.272 e. The van der Waals surface area contributed by atoms with Gasteiger partial charge in [0.25, 0.3) is 11.8 Å². The molecule has 0 aromatic carbocycles. The van der Waals surface area contributed by atoms with Crippen LogP contribution in [-0.4, -0.2) is 48.1 Å². The van der Waals surface area contributed by atoms with Crippen molar-refractivity contribution in [2.24, 2.45) is 12.8 Å². The predicted octanol–water partition coefficient (Wildman–Crippen LogP) is 2.97. The second kappa shape index (κ2) is 9.44. The molecule has 36 heavy (non-hydrogen) atoms. The molecule has 0 unspecified atom stereocenters. The Morgan fingerprint density at radius 2 is 1.92 bits per heavy atom. The molecule has 0 radical (unpaired) electrons. The number of pyridine rings is 2. The number of carbonyl (C=O) groups is 2. The highest BCUT2D eigenvalue weighted by atomic mass is 16.5. The van der Waals surface area contributed by atoms with E-state index < -0.39 is 5.91 Å². The number of ether oxygens (including phenoxy) is 1. The maximum absolute atomic E-state index is 13.2. The van der Waals surface area contributed by atoms with Crippen molar-refractivity contribution in [1.82, 2.24) is 29.5 Å². The van der Waals surface area contributed by atoms with Crippen LogP contribution in [0.5, 0.6) is 5.88 Å². The van der Waals surface area contributed by atoms with Gasteiger partial charge in [0.05, 0.1) is 11.7 Å². The van der Waals surface area contributed by atoms with Crippen LogP contribution in [0, 0.1) is 13.8 Å². The van der Waals surface area contributed by atoms with Crippen molar-refractivity contribution in [1.29, 1.82) is 0 Å². The van der Waals surface area contributed by atoms with E-state index in [1.807, 2.05) is 54.5 Å². The zero-order chi connectivity index (χ0) is 25.4. The number of nitrogens with zero attached hydrogens (tertiary/aromatic N) is 5. The minimum Gasteiger partial charge on any atom is -0.474 e. The molecule has 1 aliphatic rings. The van der Waals surface area contributed by atoms with Crippen molar-refractivity contribution in [3.8, 4) is 17.0 Å². The van der Waals surface area contributed by atoms with Gasteiger partial charge in [-0.3, -0.25) is 14.3 Å². The molecule has 4 heterocycles. The number of hydrogen-bond acceptors (Lipinski definition) is 6. The third kappa shape index (κ3) is 4.41. The van der Waals surface area contributed by atoms with Gasteiger partial charge < -0.3 is 20.2 Å². The van der Waals surface area contributed by atoms with Crippen molar-refractivity contribution in [3.63, 3.8) is 0 Å². The van der Waals surface area contributed by atoms with Crippen LogP contribution in [0.3, 0.4) is 0 Å². The summed E-state index contributed by atoms with van der Waals surface area (Å²) in [5.74, 6) is 0.259. The van der Waals surface area contributed by atoms with Crippen LogP contribution in [0.15, 0.2) is 42.9 Å². The summed E-state index contributed by atoms with van der Waals surface area (Å²) in [7, 11) is 1.92. The third-order valence-corrected chi connectivity index (χ3v) is 6.90. The zero-order valence-corrected chi connectivity index (χ0v) is 20.6. The van der Waals surface area contributed by atoms with Crippen molar-refractivity contribution < 1.29 is 14.3 Å². The van der Waals surface area contributed by atoms with Crippen LogP contribution in [0.4, 0.5) is 0 Å². The second-order valence-electron chi connectivity index (χ2n) is 9.23. The molecule has 0 aliphatic heterocycles. The van der Waals surface area contributed by atoms with E-state index >= 15 is 0 Å². The number of rotatable bonds is 6. The van der Waals surface area contributed by atoms with E-state index in [9.17, 15) is 9.59 Å². The first-order chi connectivity index (χ1) is 17.3. The van der Waals surface area contributed by atoms with Gasteiger partial charge in [0, 0.05) is 42.3 Å². The van der Waals surface area contributed by atoms with Gasteiger partial charge in [-0.15, -0.1) is 0 Å². The van der Waals surface area contributed by atoms with Gasteiger partial charge in [0.2, 0.25) is 5.88 Å². The number of amides is 2. The molecule has 1 fully saturated rings. The Morgan fingerprint density at radius 1 is 1.14 bits per heavy atom. The monoisotopic (exact) mass is 487 g/mol. The van der Waals surface area contributed by atoms with E-state index in [0.717, 1.165) is 53.8 Å². The minimum absolute atomic E-state index is 0.0195. The van der Waals surface area contributed by atoms with Crippen LogP contribution in [0.2, 0.25) is 0 Å². The molecule has 0 saturated heterocycles. The maximum atomic E-state index is 13.2. The number of nitrogens with one attached hydrogen (secondary N) is 1. The minimum atomic E-state index is -0.565. The molecule has 4 aromatic rings. The highest BCUT2D eigenvalue weighted by Crippen LogP contribution is 2.27. The number of imidazole rings is 1. The fourth-order valence-corrected chi connectivity index (χ4v) is 4.75. The first-order valence-electron chi connectivity index (χ1n) is 12.0. The highest BCUT2D eigenvalue weighted by Gasteiger charge is 2.27. The molecule has 3 N–H and O–H groups in total. The third-order valence-electron chi connectivity index (χ3n) is 6.90. The summed E-state index contributed by atoms with van der Waals surface area (Å²) < 4.78 is 9.75. The summed E-state index contributed by atoms with van der Waals surface area (Å²) in [5, 5.41) is 7.47. The van der Waals surface area contributed by atoms with E-state index in [1.54, 1.807) is 18.3 Å². The first kappa shape index (κ1) is 23.5. The van der Waals surface area contributed by atoms with Gasteiger partial charge in [-0.1, -0.05) is 6.07 Å². The Balaban J connectivity index is 1.25. The predicted molar refractivity (Wildman–Crippen MR) is 134 cm³/mol. The molecular weight excluding hydrogens is 458 g/mol. The average Bonchev–Trinajstić information content (AvgIpc) is 3.39. The lowest BCUT2D eigenvalue weighted by Crippen LogP contribution is -2.40. The number of fused-ring (bicyclic) bond motifs is 1. The van der Waals surface area contributed by atoms with E-state index in [0.29, 0.717) is 5.69 Å². The number of primary amides is 1. The van der Waals surface area contributed by atoms with Gasteiger partial charge in [-0.25, -0.2) is 9.97 Å². The van der Waals surface area contributed by atoms with Gasteiger partial charge >= 0.3 is 0 Å². The Hall–Kier alpha value is -4.21. The highest BCUT2D eigenvalue weighted by molar-refractivity contribution is 5.99. The van der Waals surface area contributed by atoms with E-state index in [4.69, 9.17) is 10.5 Å². The van der Waals surface area contributed by atoms with Crippen LogP contribution >= 0.6 is 0 Å². The van der Waals surface area contributed by atoms with Crippen LogP contribution in [0.25, 0.3) is 16.6 Å². The second-order valence-corrected chi connectivity index (χ2v) is 9.23. The Morgan fingerprint density at radius 3 is 2.61 bits per heavy atom. The molecule has 1 aliphatic carbocycles. The summed E-state index contributed by atoms with van der Waals surface area (Å²) in [4.78, 5) is 33.5. The van der Waals surface area contributed by atoms with E-state index in [1.165, 1.54) is 0 Å². The smallest absolute Gasteiger partial charge is 0.272 e. The van der Waals surface area contributed by atoms with Gasteiger partial charge in [-0.05, 0) is 57.7 Å². The Bertz CT molecular complexity index is 1450. The quantitative estimate of drug-likeness (QED) is 0.430. The molecule has 0 atom stereocenters. The number of aromatic nitrogens is 5. The van der Waals surface area contributed by atoms with Crippen molar-refractivity contribution in [2.75, 3.05) is 0 Å². The summed E-state index contributed by atoms with van der Waals surface area (Å²) in [5.41, 5.74) is 10.0. The van der Waals surface area contributed by atoms with Crippen molar-refractivity contribution in [2.45, 2.75) is 51.7 Å². The molecule has 5 rings (SSSR count). The Labute approximate surface area is 208 Å². The van der Waals surface area contributed by atoms with E-state index in [2.05, 4.69) is 20.4 Å². The van der Waals surface area contributed by atoms with Crippen molar-refractivity contribution in [3.05, 3.63) is 65.6 Å². The summed E-state index contributed by atoms with van der Waals surface area (Å²) >= 11 is 0. The van der Waals surface area contributed by atoms with Crippen LogP contribution in [0.1, 0.15) is 58.0 Å². The van der Waals surface area contributed by atoms with Crippen molar-refractivity contribution >= 4 is 17.3 Å². The summed E-state index contributed by atoms with van der Waals surface area (Å²) in [6.45, 7) is 3.92. The fraction of sp³-hybridized carbons (Fsp3) is 0.346. The molecule has 186 valence electrons. The first-order valence-corrected chi connectivity index (χ1v) is 12.0. The number of aryl methyl sites for hydroxylation is 2. The molecule has 0 bridgehead atoms. The van der Waals surface area contributed by atoms with Gasteiger partial charge in [-0.2, -0.15) is 5.10 Å². The van der Waals surface area contributed by atoms with Gasteiger partial charge in [0.15, 0.2) is 5.69 Å². The topological polar surface area (TPSA) is 129 Å². The number of hydrogen-bond donors (Lipinski definition) is 2. The van der Waals surface area contributed by atoms with Crippen LogP contribution < -0.4 is 15.8 Å². The standard InChI is InChI=1S/C26H29N7O3/c1-15-21(13-29-32(15)3)17-6-11-22-23(30-16(2)33(22)14-17)25(35)31-18-7-9-19(10-8-18)36-26-20(24(27)34)5-4-12-28-26/h4-6,11-14,18-19H,7-10H2,1-3H3,(H2,27,34)(H,31,35). The number of nitrogens with two attached hydrogens (primary N) is 1. The normalized spacial score (nSPS) is 17.8. The molecular formula is C26H29N7O3. The average molecular weight is 488 g/mol. The molecule has 4 aromatic heterocycles. The number of carbonyl (C=O) groups excluding carboxylic acids is 2. The SMILES string of the molecule is Cc1c(-c2ccc3c(C(=O)NC4CCC(Oc5ncccc5C(N)=O)CC4)nc(C)n3c2)cnn1C. The zero-order valence-electron chi connectivity index (χ0n) is 20.6. The lowest BCUT2D eigenvalue weighted by Gasteiger charge is -2.29. The lowest BCUT2D eigenvalue weighted by molar-refractivity contribution is 0.0878. The molecule has 10 heteroatoms. The molecule has 10 nitrogen and oxygen atoms in total. The van der Waals surface area contributed by atoms with Crippen LogP contribution in [-0.2, 0) is 7.05 Å². The fourth-order valence-electron chi connectivity index (χ4n) is 4.75. The largest absolute Gasteiger partial charge is 0.474 e. The Kier molecular flexibility index (Phi) is 6.17. The van der Waals surface area contributed by atoms with E-state index in [-0.39, 0.29) is 29.5 Å². The lowest BCUT2D eigenvalue weighted by atomic mass is 9.93. The van der Waals surface area contributed by atoms with Gasteiger partial charge in [0.1, 0.15) is 17.5 Å². The molecule has 0 spiro atoms.